The van der Waals surface area contributed by atoms with E-state index in [1.807, 2.05) is 89.5 Å². The van der Waals surface area contributed by atoms with E-state index in [2.05, 4.69) is 16.3 Å². The Morgan fingerprint density at radius 2 is 1.73 bits per heavy atom. The molecule has 0 saturated carbocycles. The van der Waals surface area contributed by atoms with E-state index in [4.69, 9.17) is 22.1 Å². The smallest absolute Gasteiger partial charge is 0.172 e. The van der Waals surface area contributed by atoms with Crippen LogP contribution >= 0.6 is 23.4 Å². The van der Waals surface area contributed by atoms with Gasteiger partial charge in [0.15, 0.2) is 11.5 Å². The van der Waals surface area contributed by atoms with Gasteiger partial charge in [-0.1, -0.05) is 71.9 Å². The molecule has 0 aliphatic carbocycles. The Hall–Kier alpha value is -3.32. The molecule has 2 N–H and O–H groups in total. The van der Waals surface area contributed by atoms with Gasteiger partial charge >= 0.3 is 0 Å². The van der Waals surface area contributed by atoms with Gasteiger partial charge in [-0.3, -0.25) is 4.40 Å². The minimum Gasteiger partial charge on any atom is -0.488 e. The Kier molecular flexibility index (Phi) is 6.30. The third kappa shape index (κ3) is 4.73. The van der Waals surface area contributed by atoms with Gasteiger partial charge < -0.3 is 10.5 Å². The fourth-order valence-corrected chi connectivity index (χ4v) is 4.70. The maximum atomic E-state index is 6.35. The van der Waals surface area contributed by atoms with Crippen molar-refractivity contribution in [3.63, 3.8) is 0 Å². The maximum absolute atomic E-state index is 6.35. The SMILES string of the molecule is NCc1ccccc1Sc1ccc2nnc(-c3cc(Cl)ccc3OCc3ccccc3)n2c1. The number of halogens is 1. The summed E-state index contributed by atoms with van der Waals surface area (Å²) in [7, 11) is 0. The van der Waals surface area contributed by atoms with Crippen molar-refractivity contribution in [1.29, 1.82) is 0 Å². The maximum Gasteiger partial charge on any atom is 0.172 e. The topological polar surface area (TPSA) is 65.4 Å². The fourth-order valence-electron chi connectivity index (χ4n) is 3.55. The average molecular weight is 473 g/mol. The van der Waals surface area contributed by atoms with Gasteiger partial charge in [0.25, 0.3) is 0 Å². The number of pyridine rings is 1. The number of hydrogen-bond acceptors (Lipinski definition) is 5. The molecule has 0 fully saturated rings. The van der Waals surface area contributed by atoms with E-state index in [1.165, 1.54) is 0 Å². The van der Waals surface area contributed by atoms with E-state index >= 15 is 0 Å². The van der Waals surface area contributed by atoms with Gasteiger partial charge in [-0.25, -0.2) is 0 Å². The zero-order valence-electron chi connectivity index (χ0n) is 17.7. The van der Waals surface area contributed by atoms with Gasteiger partial charge in [0.2, 0.25) is 0 Å². The molecule has 0 bridgehead atoms. The highest BCUT2D eigenvalue weighted by molar-refractivity contribution is 7.99. The van der Waals surface area contributed by atoms with Gasteiger partial charge in [-0.2, -0.15) is 0 Å². The standard InChI is InChI=1S/C26H21ClN4OS/c27-20-10-12-23(32-17-18-6-2-1-3-7-18)22(14-20)26-30-29-25-13-11-21(16-31(25)26)33-24-9-5-4-8-19(24)15-28/h1-14,16H,15,17,28H2. The molecule has 33 heavy (non-hydrogen) atoms. The van der Waals surface area contributed by atoms with E-state index in [0.29, 0.717) is 29.7 Å². The van der Waals surface area contributed by atoms with Crippen molar-refractivity contribution in [2.24, 2.45) is 5.73 Å². The van der Waals surface area contributed by atoms with E-state index in [9.17, 15) is 0 Å². The van der Waals surface area contributed by atoms with Crippen LogP contribution < -0.4 is 10.5 Å². The lowest BCUT2D eigenvalue weighted by Gasteiger charge is -2.12. The summed E-state index contributed by atoms with van der Waals surface area (Å²) in [5.41, 5.74) is 9.64. The molecule has 0 radical (unpaired) electrons. The molecule has 3 aromatic carbocycles. The summed E-state index contributed by atoms with van der Waals surface area (Å²) in [6.07, 6.45) is 2.03. The number of hydrogen-bond donors (Lipinski definition) is 1. The first-order valence-electron chi connectivity index (χ1n) is 10.5. The molecular weight excluding hydrogens is 452 g/mol. The van der Waals surface area contributed by atoms with Crippen molar-refractivity contribution < 1.29 is 4.74 Å². The largest absolute Gasteiger partial charge is 0.488 e. The zero-order chi connectivity index (χ0) is 22.6. The molecule has 0 spiro atoms. The van der Waals surface area contributed by atoms with Gasteiger partial charge in [-0.05, 0) is 47.5 Å². The molecule has 0 aliphatic heterocycles. The van der Waals surface area contributed by atoms with Crippen LogP contribution in [0.15, 0.2) is 101 Å². The summed E-state index contributed by atoms with van der Waals surface area (Å²) in [5, 5.41) is 9.41. The quantitative estimate of drug-likeness (QED) is 0.304. The zero-order valence-corrected chi connectivity index (χ0v) is 19.3. The minimum atomic E-state index is 0.448. The number of fused-ring (bicyclic) bond motifs is 1. The number of nitrogens with two attached hydrogens (primary N) is 1. The molecule has 2 aromatic heterocycles. The van der Waals surface area contributed by atoms with E-state index in [-0.39, 0.29) is 0 Å². The van der Waals surface area contributed by atoms with Crippen LogP contribution in [0.3, 0.4) is 0 Å². The molecule has 0 atom stereocenters. The third-order valence-corrected chi connectivity index (χ3v) is 6.55. The second kappa shape index (κ2) is 9.67. The van der Waals surface area contributed by atoms with Gasteiger partial charge in [0, 0.05) is 27.6 Å². The van der Waals surface area contributed by atoms with Gasteiger partial charge in [0.1, 0.15) is 12.4 Å². The predicted octanol–water partition coefficient (Wildman–Crippen LogP) is 6.24. The molecule has 164 valence electrons. The molecule has 5 nitrogen and oxygen atoms in total. The Balaban J connectivity index is 1.51. The lowest BCUT2D eigenvalue weighted by molar-refractivity contribution is 0.307. The monoisotopic (exact) mass is 472 g/mol. The Bertz CT molecular complexity index is 1400. The first kappa shape index (κ1) is 21.5. The summed E-state index contributed by atoms with van der Waals surface area (Å²) in [6, 6.07) is 27.7. The highest BCUT2D eigenvalue weighted by Gasteiger charge is 2.15. The van der Waals surface area contributed by atoms with Crippen molar-refractivity contribution in [1.82, 2.24) is 14.6 Å². The van der Waals surface area contributed by atoms with Crippen LogP contribution in [0.5, 0.6) is 5.75 Å². The number of nitrogens with zero attached hydrogens (tertiary/aromatic N) is 3. The van der Waals surface area contributed by atoms with Gasteiger partial charge in [0.05, 0.1) is 5.56 Å². The Morgan fingerprint density at radius 1 is 0.909 bits per heavy atom. The first-order chi connectivity index (χ1) is 16.2. The van der Waals surface area contributed by atoms with Crippen molar-refractivity contribution >= 4 is 29.0 Å². The van der Waals surface area contributed by atoms with Crippen molar-refractivity contribution in [2.75, 3.05) is 0 Å². The van der Waals surface area contributed by atoms with Crippen LogP contribution in [-0.2, 0) is 13.2 Å². The predicted molar refractivity (Wildman–Crippen MR) is 133 cm³/mol. The number of benzene rings is 3. The van der Waals surface area contributed by atoms with Crippen molar-refractivity contribution in [2.45, 2.75) is 22.9 Å². The van der Waals surface area contributed by atoms with Crippen LogP contribution in [0.2, 0.25) is 5.02 Å². The second-order valence-corrected chi connectivity index (χ2v) is 9.00. The van der Waals surface area contributed by atoms with Crippen molar-refractivity contribution in [3.05, 3.63) is 107 Å². The summed E-state index contributed by atoms with van der Waals surface area (Å²) >= 11 is 8.01. The summed E-state index contributed by atoms with van der Waals surface area (Å²) in [5.74, 6) is 1.37. The molecule has 2 heterocycles. The summed E-state index contributed by atoms with van der Waals surface area (Å²) < 4.78 is 8.11. The van der Waals surface area contributed by atoms with Gasteiger partial charge in [-0.15, -0.1) is 10.2 Å². The molecular formula is C26H21ClN4OS. The minimum absolute atomic E-state index is 0.448. The van der Waals surface area contributed by atoms with Crippen molar-refractivity contribution in [3.8, 4) is 17.1 Å². The molecule has 0 unspecified atom stereocenters. The van der Waals surface area contributed by atoms with Crippen LogP contribution in [0.1, 0.15) is 11.1 Å². The highest BCUT2D eigenvalue weighted by atomic mass is 35.5. The van der Waals surface area contributed by atoms with E-state index < -0.39 is 0 Å². The molecule has 0 saturated heterocycles. The van der Waals surface area contributed by atoms with Crippen LogP contribution in [0.25, 0.3) is 17.0 Å². The Morgan fingerprint density at radius 3 is 2.58 bits per heavy atom. The van der Waals surface area contributed by atoms with E-state index in [1.54, 1.807) is 11.8 Å². The summed E-state index contributed by atoms with van der Waals surface area (Å²) in [6.45, 7) is 0.942. The molecule has 5 rings (SSSR count). The highest BCUT2D eigenvalue weighted by Crippen LogP contribution is 2.35. The molecule has 5 aromatic rings. The number of ether oxygens (including phenoxy) is 1. The average Bonchev–Trinajstić information content (AvgIpc) is 3.27. The molecule has 0 aliphatic rings. The Labute approximate surface area is 201 Å². The lowest BCUT2D eigenvalue weighted by atomic mass is 10.2. The third-order valence-electron chi connectivity index (χ3n) is 5.22. The normalized spacial score (nSPS) is 11.1. The number of rotatable bonds is 7. The molecule has 0 amide bonds. The number of aromatic nitrogens is 3. The molecule has 7 heteroatoms. The summed E-state index contributed by atoms with van der Waals surface area (Å²) in [4.78, 5) is 2.18. The fraction of sp³-hybridized carbons (Fsp3) is 0.0769. The first-order valence-corrected chi connectivity index (χ1v) is 11.7. The lowest BCUT2D eigenvalue weighted by Crippen LogP contribution is -1.99. The second-order valence-electron chi connectivity index (χ2n) is 7.45. The van der Waals surface area contributed by atoms with Crippen LogP contribution in [0.4, 0.5) is 0 Å². The van der Waals surface area contributed by atoms with Crippen LogP contribution in [-0.4, -0.2) is 14.6 Å². The van der Waals surface area contributed by atoms with Crippen LogP contribution in [0, 0.1) is 0 Å². The van der Waals surface area contributed by atoms with E-state index in [0.717, 1.165) is 32.1 Å².